The van der Waals surface area contributed by atoms with Gasteiger partial charge in [0.05, 0.1) is 17.3 Å². The Balaban J connectivity index is 0.00000136. The number of aromatic nitrogens is 2. The van der Waals surface area contributed by atoms with Crippen LogP contribution in [0.15, 0.2) is 66.9 Å². The molecule has 4 atom stereocenters. The number of rotatable bonds is 18. The molecule has 0 spiro atoms. The van der Waals surface area contributed by atoms with Crippen LogP contribution in [0.25, 0.3) is 22.5 Å². The summed E-state index contributed by atoms with van der Waals surface area (Å²) in [5, 5.41) is 48.4. The van der Waals surface area contributed by atoms with E-state index in [1.54, 1.807) is 54.1 Å². The minimum Gasteiger partial charge on any atom is -0.492 e. The fourth-order valence-electron chi connectivity index (χ4n) is 7.22. The second kappa shape index (κ2) is 38.4. The minimum atomic E-state index is -5.08. The number of nitriles is 1. The molecule has 0 saturated carbocycles. The molecule has 0 unspecified atom stereocenters. The van der Waals surface area contributed by atoms with Crippen LogP contribution in [-0.4, -0.2) is 183 Å². The number of nitrogens with two attached hydrogens (primary N) is 3. The van der Waals surface area contributed by atoms with E-state index in [1.165, 1.54) is 25.1 Å². The molecule has 26 nitrogen and oxygen atoms in total. The van der Waals surface area contributed by atoms with Crippen molar-refractivity contribution >= 4 is 75.0 Å². The summed E-state index contributed by atoms with van der Waals surface area (Å²) in [7, 11) is 5.02. The van der Waals surface area contributed by atoms with E-state index in [4.69, 9.17) is 66.3 Å². The molecule has 1 aliphatic heterocycles. The third-order valence-electron chi connectivity index (χ3n) is 11.6. The molecule has 1 aliphatic rings. The third kappa shape index (κ3) is 29.6. The highest BCUT2D eigenvalue weighted by molar-refractivity contribution is 8.76. The normalized spacial score (nSPS) is 15.0. The Bertz CT molecular complexity index is 3280. The zero-order chi connectivity index (χ0) is 73.9. The molecule has 0 saturated heterocycles. The number of hydrogen-bond donors (Lipinski definition) is 11. The molecule has 4 bridgehead atoms. The summed E-state index contributed by atoms with van der Waals surface area (Å²) in [6.07, 6.45) is -18.9. The Kier molecular flexibility index (Phi) is 33.9. The van der Waals surface area contributed by atoms with Crippen LogP contribution >= 0.6 is 21.6 Å². The second-order valence-electron chi connectivity index (χ2n) is 20.2. The molecule has 14 N–H and O–H groups in total. The number of nitrogens with one attached hydrogen (secondary N) is 4. The van der Waals surface area contributed by atoms with Crippen molar-refractivity contribution in [2.24, 2.45) is 17.2 Å². The first-order valence-electron chi connectivity index (χ1n) is 27.2. The van der Waals surface area contributed by atoms with Crippen molar-refractivity contribution in [1.82, 2.24) is 36.1 Å². The highest BCUT2D eigenvalue weighted by Gasteiger charge is 2.41. The van der Waals surface area contributed by atoms with Crippen LogP contribution in [-0.2, 0) is 50.5 Å². The van der Waals surface area contributed by atoms with Crippen molar-refractivity contribution in [1.29, 1.82) is 5.26 Å². The molecule has 1 aromatic heterocycles. The summed E-state index contributed by atoms with van der Waals surface area (Å²) in [4.78, 5) is 116. The lowest BCUT2D eigenvalue weighted by atomic mass is 9.93. The number of benzene rings is 3. The van der Waals surface area contributed by atoms with Crippen molar-refractivity contribution < 1.29 is 126 Å². The standard InChI is InChI=1S/C48H61N11O7S2.4C2HF3O2/c1-28-36(26-54-42(55-28)32-10-7-30(8-11-32)27-67-68-48(3,4)5)44(61)57-37(15-16-49)47(64)59(6)41-33-12-14-40(66-22-19-52)35(25-33)34-23-31(9-13-39(34)65-21-18-51)24-38(45(62)53-20-17-50)58-43(60)29(2)56-46(41)63;4*3-2(4,5)1(6)7/h7-14,23,25-26,29,37-38,41H,15-16,18-22,24,27,49,51-52H2,1-6H3,(H,53,62)(H,56,63)(H,57,61)(H,58,60);4*(H,6,7)/t29-,37-,38-,41-;;;;/m0..../s1. The lowest BCUT2D eigenvalue weighted by molar-refractivity contribution is -0.193. The van der Waals surface area contributed by atoms with Gasteiger partial charge in [0.1, 0.15) is 55.4 Å². The molecule has 5 amide bonds. The van der Waals surface area contributed by atoms with Crippen LogP contribution in [0, 0.1) is 18.3 Å². The summed E-state index contributed by atoms with van der Waals surface area (Å²) in [6, 6.07) is 15.0. The number of halogens is 12. The van der Waals surface area contributed by atoms with Crippen molar-refractivity contribution in [3.63, 3.8) is 0 Å². The average Bonchev–Trinajstić information content (AvgIpc) is 0.789. The van der Waals surface area contributed by atoms with Gasteiger partial charge < -0.3 is 73.3 Å². The fourth-order valence-corrected chi connectivity index (χ4v) is 9.61. The van der Waals surface area contributed by atoms with E-state index in [9.17, 15) is 81.9 Å². The average molecular weight is 1420 g/mol. The predicted molar refractivity (Wildman–Crippen MR) is 319 cm³/mol. The first-order chi connectivity index (χ1) is 44.2. The largest absolute Gasteiger partial charge is 0.492 e. The Hall–Kier alpha value is -9.20. The molecule has 2 heterocycles. The Labute approximate surface area is 545 Å². The smallest absolute Gasteiger partial charge is 0.490 e. The van der Waals surface area contributed by atoms with Crippen LogP contribution in [0.1, 0.15) is 72.9 Å². The summed E-state index contributed by atoms with van der Waals surface area (Å²) in [6.45, 7) is 10.0. The molecular weight excluding hydrogens is 1360 g/mol. The van der Waals surface area contributed by atoms with Gasteiger partial charge in [-0.25, -0.2) is 29.1 Å². The zero-order valence-corrected chi connectivity index (χ0v) is 52.8. The van der Waals surface area contributed by atoms with E-state index < -0.39 is 102 Å². The van der Waals surface area contributed by atoms with E-state index in [0.29, 0.717) is 45.3 Å². The Morgan fingerprint density at radius 3 is 1.65 bits per heavy atom. The van der Waals surface area contributed by atoms with Crippen LogP contribution in [0.5, 0.6) is 11.5 Å². The van der Waals surface area contributed by atoms with Gasteiger partial charge >= 0.3 is 48.6 Å². The maximum atomic E-state index is 14.7. The number of fused-ring (bicyclic) bond motifs is 5. The zero-order valence-electron chi connectivity index (χ0n) is 51.2. The predicted octanol–water partition coefficient (Wildman–Crippen LogP) is 5.84. The van der Waals surface area contributed by atoms with Gasteiger partial charge in [-0.3, -0.25) is 24.0 Å². The van der Waals surface area contributed by atoms with Gasteiger partial charge in [0.2, 0.25) is 23.6 Å². The van der Waals surface area contributed by atoms with Crippen molar-refractivity contribution in [3.05, 3.63) is 94.8 Å². The number of amides is 5. The van der Waals surface area contributed by atoms with Gasteiger partial charge in [-0.15, -0.1) is 0 Å². The lowest BCUT2D eigenvalue weighted by Crippen LogP contribution is -2.56. The molecule has 4 aromatic rings. The monoisotopic (exact) mass is 1420 g/mol. The second-order valence-corrected chi connectivity index (χ2v) is 23.4. The molecule has 0 radical (unpaired) electrons. The summed E-state index contributed by atoms with van der Waals surface area (Å²) in [5.74, 6) is -12.4. The number of carboxylic acid groups (broad SMARTS) is 4. The molecule has 3 aromatic carbocycles. The number of carboxylic acids is 4. The fraction of sp³-hybridized carbons (Fsp3) is 0.429. The van der Waals surface area contributed by atoms with Crippen LogP contribution in [0.2, 0.25) is 0 Å². The van der Waals surface area contributed by atoms with Gasteiger partial charge in [-0.05, 0) is 67.8 Å². The Morgan fingerprint density at radius 2 is 1.21 bits per heavy atom. The SMILES string of the molecule is Cc1nc(-c2ccc(CSSC(C)(C)C)cc2)ncc1C(=O)N[C@@H](CCN)C(=O)N(C)[C@@H]1C(=O)N[C@@H](C)C(=O)N[C@H](C(=O)NCC#N)Cc2ccc(OCCN)c(c2)-c2cc1ccc2OCCN.O=C(O)C(F)(F)F.O=C(O)C(F)(F)F.O=C(O)C(F)(F)F.O=C(O)C(F)(F)F. The van der Waals surface area contributed by atoms with Gasteiger partial charge in [-0.2, -0.15) is 57.9 Å². The highest BCUT2D eigenvalue weighted by Crippen LogP contribution is 2.41. The number of carbonyl (C=O) groups excluding carboxylic acids is 5. The number of hydrogen-bond acceptors (Lipinski definition) is 19. The van der Waals surface area contributed by atoms with Gasteiger partial charge in [0, 0.05) is 59.9 Å². The number of likely N-dealkylation sites (N-methyl/N-ethyl adjacent to an activating group) is 1. The number of carbonyl (C=O) groups is 9. The minimum absolute atomic E-state index is 0.0000523. The first-order valence-corrected chi connectivity index (χ1v) is 29.5. The van der Waals surface area contributed by atoms with Crippen LogP contribution < -0.4 is 47.9 Å². The first kappa shape index (κ1) is 84.8. The third-order valence-corrected chi connectivity index (χ3v) is 14.8. The molecule has 0 fully saturated rings. The van der Waals surface area contributed by atoms with E-state index in [-0.39, 0.29) is 62.5 Å². The van der Waals surface area contributed by atoms with E-state index >= 15 is 0 Å². The summed E-state index contributed by atoms with van der Waals surface area (Å²) in [5.41, 5.74) is 22.0. The van der Waals surface area contributed by atoms with Gasteiger partial charge in [0.15, 0.2) is 5.82 Å². The number of aliphatic carboxylic acids is 4. The van der Waals surface area contributed by atoms with E-state index in [0.717, 1.165) is 16.9 Å². The number of ether oxygens (including phenoxy) is 2. The molecule has 96 heavy (non-hydrogen) atoms. The molecule has 5 rings (SSSR count). The number of aryl methyl sites for hydroxylation is 1. The number of alkyl halides is 12. The van der Waals surface area contributed by atoms with Crippen LogP contribution in [0.4, 0.5) is 52.7 Å². The summed E-state index contributed by atoms with van der Waals surface area (Å²) >= 11 is 0. The quantitative estimate of drug-likeness (QED) is 0.0316. The number of nitrogens with zero attached hydrogens (tertiary/aromatic N) is 4. The summed E-state index contributed by atoms with van der Waals surface area (Å²) < 4.78 is 139. The maximum absolute atomic E-state index is 14.7. The topological polar surface area (TPSA) is 432 Å². The molecular formula is C56H65F12N11O15S2. The Morgan fingerprint density at radius 1 is 0.729 bits per heavy atom. The van der Waals surface area contributed by atoms with Gasteiger partial charge in [-0.1, -0.05) is 78.8 Å². The molecule has 40 heteroatoms. The van der Waals surface area contributed by atoms with E-state index in [2.05, 4.69) is 52.0 Å². The molecule has 530 valence electrons. The highest BCUT2D eigenvalue weighted by atomic mass is 33.1. The van der Waals surface area contributed by atoms with Gasteiger partial charge in [0.25, 0.3) is 5.91 Å². The molecule has 0 aliphatic carbocycles. The van der Waals surface area contributed by atoms with E-state index in [1.807, 2.05) is 41.1 Å². The maximum Gasteiger partial charge on any atom is 0.490 e. The van der Waals surface area contributed by atoms with Crippen molar-refractivity contribution in [3.8, 4) is 40.1 Å². The van der Waals surface area contributed by atoms with Crippen molar-refractivity contribution in [2.45, 2.75) is 107 Å². The van der Waals surface area contributed by atoms with Crippen LogP contribution in [0.3, 0.4) is 0 Å². The lowest BCUT2D eigenvalue weighted by Gasteiger charge is -2.32. The van der Waals surface area contributed by atoms with Crippen molar-refractivity contribution in [2.75, 3.05) is 46.4 Å².